The number of rotatable bonds is 9. The van der Waals surface area contributed by atoms with Crippen LogP contribution in [0.3, 0.4) is 0 Å². The molecule has 0 heterocycles. The molecule has 0 saturated heterocycles. The number of hydrogen-bond donors (Lipinski definition) is 1. The average Bonchev–Trinajstić information content (AvgIpc) is 2.40. The first-order chi connectivity index (χ1) is 9.93. The lowest BCUT2D eigenvalue weighted by molar-refractivity contribution is 0.198. The lowest BCUT2D eigenvalue weighted by Crippen LogP contribution is -2.23. The van der Waals surface area contributed by atoms with Crippen molar-refractivity contribution in [1.29, 1.82) is 0 Å². The van der Waals surface area contributed by atoms with Gasteiger partial charge in [0.1, 0.15) is 5.75 Å². The smallest absolute Gasteiger partial charge is 0.123 e. The molecule has 1 N–H and O–H groups in total. The Morgan fingerprint density at radius 2 is 1.90 bits per heavy atom. The van der Waals surface area contributed by atoms with E-state index in [0.29, 0.717) is 6.61 Å². The molecule has 0 radical (unpaired) electrons. The predicted octanol–water partition coefficient (Wildman–Crippen LogP) is 2.52. The summed E-state index contributed by atoms with van der Waals surface area (Å²) in [6.07, 6.45) is 0.697. The molecule has 0 amide bonds. The molecule has 1 unspecified atom stereocenters. The average molecular weight is 294 g/mol. The summed E-state index contributed by atoms with van der Waals surface area (Å²) in [4.78, 5) is 4.50. The molecule has 0 aromatic heterocycles. The third-order valence-corrected chi connectivity index (χ3v) is 3.45. The summed E-state index contributed by atoms with van der Waals surface area (Å²) < 4.78 is 5.70. The van der Waals surface area contributed by atoms with E-state index in [1.807, 2.05) is 19.1 Å². The van der Waals surface area contributed by atoms with Crippen molar-refractivity contribution in [3.8, 4) is 5.75 Å². The molecule has 1 aromatic rings. The Labute approximate surface area is 129 Å². The minimum Gasteiger partial charge on any atom is -0.494 e. The summed E-state index contributed by atoms with van der Waals surface area (Å²) >= 11 is 0. The molecule has 0 aliphatic heterocycles. The van der Waals surface area contributed by atoms with Crippen molar-refractivity contribution >= 4 is 0 Å². The third kappa shape index (κ3) is 6.46. The van der Waals surface area contributed by atoms with Crippen LogP contribution in [0.15, 0.2) is 18.2 Å². The van der Waals surface area contributed by atoms with Crippen LogP contribution < -0.4 is 4.74 Å². The number of ether oxygens (including phenoxy) is 1. The van der Waals surface area contributed by atoms with Crippen LogP contribution in [0.1, 0.15) is 37.5 Å². The first-order valence-electron chi connectivity index (χ1n) is 7.71. The van der Waals surface area contributed by atoms with Gasteiger partial charge in [-0.05, 0) is 72.2 Å². The molecular weight excluding hydrogens is 264 g/mol. The van der Waals surface area contributed by atoms with Crippen LogP contribution in [0.5, 0.6) is 5.75 Å². The van der Waals surface area contributed by atoms with E-state index in [1.54, 1.807) is 6.92 Å². The van der Waals surface area contributed by atoms with Gasteiger partial charge in [0, 0.05) is 12.1 Å². The lowest BCUT2D eigenvalue weighted by atomic mass is 10.1. The highest BCUT2D eigenvalue weighted by Gasteiger charge is 2.10. The molecule has 1 aromatic carbocycles. The summed E-state index contributed by atoms with van der Waals surface area (Å²) in [5, 5.41) is 9.75. The molecule has 0 bridgehead atoms. The monoisotopic (exact) mass is 294 g/mol. The fourth-order valence-corrected chi connectivity index (χ4v) is 2.31. The van der Waals surface area contributed by atoms with E-state index in [9.17, 15) is 5.11 Å². The topological polar surface area (TPSA) is 35.9 Å². The first-order valence-corrected chi connectivity index (χ1v) is 7.71. The third-order valence-electron chi connectivity index (χ3n) is 3.45. The molecule has 1 atom stereocenters. The van der Waals surface area contributed by atoms with E-state index in [1.165, 1.54) is 0 Å². The van der Waals surface area contributed by atoms with E-state index in [0.717, 1.165) is 42.9 Å². The molecule has 0 spiro atoms. The second-order valence-corrected chi connectivity index (χ2v) is 5.87. The SMILES string of the molecule is CCOc1ccc(C(C)O)cc1CN(C)CCCN(C)C. The second kappa shape index (κ2) is 9.03. The molecule has 4 heteroatoms. The zero-order chi connectivity index (χ0) is 15.8. The fourth-order valence-electron chi connectivity index (χ4n) is 2.31. The van der Waals surface area contributed by atoms with Gasteiger partial charge in [-0.15, -0.1) is 0 Å². The van der Waals surface area contributed by atoms with E-state index < -0.39 is 6.10 Å². The van der Waals surface area contributed by atoms with Crippen LogP contribution in [0.25, 0.3) is 0 Å². The highest BCUT2D eigenvalue weighted by Crippen LogP contribution is 2.24. The molecular formula is C17H30N2O2. The maximum Gasteiger partial charge on any atom is 0.123 e. The van der Waals surface area contributed by atoms with Crippen molar-refractivity contribution in [3.05, 3.63) is 29.3 Å². The number of hydrogen-bond acceptors (Lipinski definition) is 4. The van der Waals surface area contributed by atoms with Gasteiger partial charge in [0.15, 0.2) is 0 Å². The van der Waals surface area contributed by atoms with Gasteiger partial charge in [-0.3, -0.25) is 0 Å². The Morgan fingerprint density at radius 3 is 2.48 bits per heavy atom. The molecule has 21 heavy (non-hydrogen) atoms. The number of aliphatic hydroxyl groups excluding tert-OH is 1. The molecule has 4 nitrogen and oxygen atoms in total. The minimum atomic E-state index is -0.446. The van der Waals surface area contributed by atoms with Gasteiger partial charge >= 0.3 is 0 Å². The van der Waals surface area contributed by atoms with E-state index in [2.05, 4.69) is 37.0 Å². The van der Waals surface area contributed by atoms with Gasteiger partial charge in [0.25, 0.3) is 0 Å². The van der Waals surface area contributed by atoms with Crippen molar-refractivity contribution < 1.29 is 9.84 Å². The lowest BCUT2D eigenvalue weighted by Gasteiger charge is -2.21. The van der Waals surface area contributed by atoms with Crippen molar-refractivity contribution in [2.24, 2.45) is 0 Å². The number of aliphatic hydroxyl groups is 1. The maximum absolute atomic E-state index is 9.75. The summed E-state index contributed by atoms with van der Waals surface area (Å²) in [6.45, 7) is 7.42. The maximum atomic E-state index is 9.75. The summed E-state index contributed by atoms with van der Waals surface area (Å²) in [6, 6.07) is 5.96. The van der Waals surface area contributed by atoms with Crippen molar-refractivity contribution in [2.45, 2.75) is 32.9 Å². The standard InChI is InChI=1S/C17H30N2O2/c1-6-21-17-9-8-15(14(2)20)12-16(17)13-19(5)11-7-10-18(3)4/h8-9,12,14,20H,6-7,10-11,13H2,1-5H3. The van der Waals surface area contributed by atoms with Crippen molar-refractivity contribution in [2.75, 3.05) is 40.8 Å². The second-order valence-electron chi connectivity index (χ2n) is 5.87. The van der Waals surface area contributed by atoms with Crippen molar-refractivity contribution in [1.82, 2.24) is 9.80 Å². The Hall–Kier alpha value is -1.10. The van der Waals surface area contributed by atoms with Gasteiger partial charge in [0.2, 0.25) is 0 Å². The Kier molecular flexibility index (Phi) is 7.72. The Balaban J connectivity index is 2.71. The molecule has 0 aliphatic rings. The highest BCUT2D eigenvalue weighted by molar-refractivity contribution is 5.38. The first kappa shape index (κ1) is 18.0. The van der Waals surface area contributed by atoms with Crippen LogP contribution in [0.2, 0.25) is 0 Å². The van der Waals surface area contributed by atoms with Gasteiger partial charge in [0.05, 0.1) is 12.7 Å². The fraction of sp³-hybridized carbons (Fsp3) is 0.647. The van der Waals surface area contributed by atoms with Crippen LogP contribution in [0, 0.1) is 0 Å². The zero-order valence-electron chi connectivity index (χ0n) is 14.1. The Morgan fingerprint density at radius 1 is 1.19 bits per heavy atom. The van der Waals surface area contributed by atoms with Crippen LogP contribution in [-0.4, -0.2) is 55.7 Å². The molecule has 0 saturated carbocycles. The van der Waals surface area contributed by atoms with Gasteiger partial charge in [-0.25, -0.2) is 0 Å². The molecule has 120 valence electrons. The molecule has 0 fully saturated rings. The normalized spacial score (nSPS) is 13.0. The molecule has 1 rings (SSSR count). The number of nitrogens with zero attached hydrogens (tertiary/aromatic N) is 2. The predicted molar refractivity (Wildman–Crippen MR) is 87.7 cm³/mol. The summed E-state index contributed by atoms with van der Waals surface area (Å²) in [5.41, 5.74) is 2.08. The largest absolute Gasteiger partial charge is 0.494 e. The van der Waals surface area contributed by atoms with Gasteiger partial charge < -0.3 is 19.6 Å². The summed E-state index contributed by atoms with van der Waals surface area (Å²) in [7, 11) is 6.32. The Bertz CT molecular complexity index is 419. The van der Waals surface area contributed by atoms with Crippen molar-refractivity contribution in [3.63, 3.8) is 0 Å². The van der Waals surface area contributed by atoms with Gasteiger partial charge in [-0.1, -0.05) is 6.07 Å². The van der Waals surface area contributed by atoms with E-state index in [4.69, 9.17) is 4.74 Å². The summed E-state index contributed by atoms with van der Waals surface area (Å²) in [5.74, 6) is 0.918. The minimum absolute atomic E-state index is 0.446. The number of benzene rings is 1. The highest BCUT2D eigenvalue weighted by atomic mass is 16.5. The van der Waals surface area contributed by atoms with Crippen LogP contribution >= 0.6 is 0 Å². The van der Waals surface area contributed by atoms with Crippen LogP contribution in [-0.2, 0) is 6.54 Å². The van der Waals surface area contributed by atoms with E-state index in [-0.39, 0.29) is 0 Å². The zero-order valence-corrected chi connectivity index (χ0v) is 14.1. The van der Waals surface area contributed by atoms with E-state index >= 15 is 0 Å². The molecule has 0 aliphatic carbocycles. The quantitative estimate of drug-likeness (QED) is 0.759. The van der Waals surface area contributed by atoms with Crippen LogP contribution in [0.4, 0.5) is 0 Å². The van der Waals surface area contributed by atoms with Gasteiger partial charge in [-0.2, -0.15) is 0 Å².